The maximum atomic E-state index is 8.54. The maximum absolute atomic E-state index is 8.54. The van der Waals surface area contributed by atoms with Gasteiger partial charge >= 0.3 is 0 Å². The second-order valence-corrected chi connectivity index (χ2v) is 4.12. The van der Waals surface area contributed by atoms with Gasteiger partial charge in [0.2, 0.25) is 0 Å². The molecule has 3 nitrogen and oxygen atoms in total. The number of nitrogens with one attached hydrogen (secondary N) is 1. The number of hydrogen-bond donors (Lipinski definition) is 1. The Kier molecular flexibility index (Phi) is 4.06. The normalized spacial score (nSPS) is 11.8. The summed E-state index contributed by atoms with van der Waals surface area (Å²) in [5.41, 5.74) is 3.52. The molecule has 3 heteroatoms. The van der Waals surface area contributed by atoms with Gasteiger partial charge in [-0.05, 0) is 35.7 Å². The average molecular weight is 237 g/mol. The molecule has 0 unspecified atom stereocenters. The molecule has 0 saturated carbocycles. The molecule has 1 N–H and O–H groups in total. The number of nitriles is 1. The zero-order valence-corrected chi connectivity index (χ0v) is 10.3. The summed E-state index contributed by atoms with van der Waals surface area (Å²) in [6.45, 7) is 2.42. The maximum Gasteiger partial charge on any atom is 0.0845 e. The van der Waals surface area contributed by atoms with Crippen LogP contribution in [0.15, 0.2) is 48.8 Å². The predicted octanol–water partition coefficient (Wildman–Crippen LogP) is 2.92. The molecule has 0 aliphatic rings. The highest BCUT2D eigenvalue weighted by Crippen LogP contribution is 2.21. The van der Waals surface area contributed by atoms with Crippen LogP contribution in [0.4, 0.5) is 0 Å². The van der Waals surface area contributed by atoms with Crippen molar-refractivity contribution in [1.82, 2.24) is 10.3 Å². The number of pyridine rings is 1. The lowest BCUT2D eigenvalue weighted by Gasteiger charge is -2.12. The van der Waals surface area contributed by atoms with E-state index >= 15 is 0 Å². The molecule has 2 rings (SSSR count). The molecule has 0 saturated heterocycles. The highest BCUT2D eigenvalue weighted by Gasteiger charge is 2.04. The summed E-state index contributed by atoms with van der Waals surface area (Å²) in [6.07, 6.45) is 3.58. The van der Waals surface area contributed by atoms with Crippen LogP contribution in [-0.2, 0) is 0 Å². The van der Waals surface area contributed by atoms with Crippen molar-refractivity contribution >= 4 is 0 Å². The molecule has 0 bridgehead atoms. The Morgan fingerprint density at radius 2 is 1.72 bits per heavy atom. The van der Waals surface area contributed by atoms with Crippen molar-refractivity contribution in [3.63, 3.8) is 0 Å². The zero-order valence-electron chi connectivity index (χ0n) is 10.3. The van der Waals surface area contributed by atoms with E-state index in [2.05, 4.69) is 47.6 Å². The summed E-state index contributed by atoms with van der Waals surface area (Å²) < 4.78 is 0. The van der Waals surface area contributed by atoms with Gasteiger partial charge in [0.1, 0.15) is 0 Å². The monoisotopic (exact) mass is 237 g/mol. The third kappa shape index (κ3) is 2.93. The van der Waals surface area contributed by atoms with Crippen LogP contribution in [0.2, 0.25) is 0 Å². The van der Waals surface area contributed by atoms with Crippen LogP contribution in [0, 0.1) is 11.3 Å². The molecule has 90 valence electrons. The van der Waals surface area contributed by atoms with Crippen LogP contribution in [0.25, 0.3) is 11.1 Å². The fourth-order valence-corrected chi connectivity index (χ4v) is 1.83. The Labute approximate surface area is 107 Å². The largest absolute Gasteiger partial charge is 0.298 e. The Morgan fingerprint density at radius 1 is 1.11 bits per heavy atom. The molecule has 0 amide bonds. The summed E-state index contributed by atoms with van der Waals surface area (Å²) >= 11 is 0. The summed E-state index contributed by atoms with van der Waals surface area (Å²) in [7, 11) is 0. The lowest BCUT2D eigenvalue weighted by molar-refractivity contribution is 0.621. The number of aromatic nitrogens is 1. The van der Waals surface area contributed by atoms with E-state index in [0.717, 1.165) is 5.56 Å². The van der Waals surface area contributed by atoms with Gasteiger partial charge in [-0.15, -0.1) is 0 Å². The summed E-state index contributed by atoms with van der Waals surface area (Å²) in [5, 5.41) is 11.7. The summed E-state index contributed by atoms with van der Waals surface area (Å²) in [4.78, 5) is 4.01. The molecule has 0 aliphatic heterocycles. The standard InChI is InChI=1S/C15H15N3/c1-12(18-11-8-16)13-2-4-14(5-3-13)15-6-9-17-10-7-15/h2-7,9-10,12,18H,11H2,1H3/t12-/m0/s1. The van der Waals surface area contributed by atoms with Crippen molar-refractivity contribution < 1.29 is 0 Å². The van der Waals surface area contributed by atoms with Gasteiger partial charge in [0.25, 0.3) is 0 Å². The van der Waals surface area contributed by atoms with Crippen LogP contribution >= 0.6 is 0 Å². The number of benzene rings is 1. The van der Waals surface area contributed by atoms with Crippen molar-refractivity contribution in [2.45, 2.75) is 13.0 Å². The minimum absolute atomic E-state index is 0.191. The SMILES string of the molecule is C[C@H](NCC#N)c1ccc(-c2ccncc2)cc1. The van der Waals surface area contributed by atoms with Crippen molar-refractivity contribution in [2.24, 2.45) is 0 Å². The molecular formula is C15H15N3. The fraction of sp³-hybridized carbons (Fsp3) is 0.200. The quantitative estimate of drug-likeness (QED) is 0.832. The molecule has 0 fully saturated rings. The van der Waals surface area contributed by atoms with Crippen molar-refractivity contribution in [3.05, 3.63) is 54.4 Å². The molecule has 0 spiro atoms. The van der Waals surface area contributed by atoms with E-state index < -0.39 is 0 Å². The van der Waals surface area contributed by atoms with E-state index in [4.69, 9.17) is 5.26 Å². The molecule has 18 heavy (non-hydrogen) atoms. The first-order valence-corrected chi connectivity index (χ1v) is 5.92. The van der Waals surface area contributed by atoms with Crippen LogP contribution in [0.5, 0.6) is 0 Å². The molecular weight excluding hydrogens is 222 g/mol. The summed E-state index contributed by atoms with van der Waals surface area (Å²) in [6, 6.07) is 14.6. The predicted molar refractivity (Wildman–Crippen MR) is 71.7 cm³/mol. The summed E-state index contributed by atoms with van der Waals surface area (Å²) in [5.74, 6) is 0. The van der Waals surface area contributed by atoms with E-state index in [-0.39, 0.29) is 6.04 Å². The first-order valence-electron chi connectivity index (χ1n) is 5.92. The van der Waals surface area contributed by atoms with Gasteiger partial charge in [0.15, 0.2) is 0 Å². The highest BCUT2D eigenvalue weighted by atomic mass is 14.9. The minimum Gasteiger partial charge on any atom is -0.298 e. The zero-order chi connectivity index (χ0) is 12.8. The second-order valence-electron chi connectivity index (χ2n) is 4.12. The van der Waals surface area contributed by atoms with Gasteiger partial charge in [-0.25, -0.2) is 0 Å². The first-order chi connectivity index (χ1) is 8.81. The first kappa shape index (κ1) is 12.3. The van der Waals surface area contributed by atoms with E-state index in [0.29, 0.717) is 6.54 Å². The van der Waals surface area contributed by atoms with Crippen molar-refractivity contribution in [2.75, 3.05) is 6.54 Å². The molecule has 1 atom stereocenters. The Balaban J connectivity index is 2.13. The number of nitrogens with zero attached hydrogens (tertiary/aromatic N) is 2. The topological polar surface area (TPSA) is 48.7 Å². The molecule has 1 aromatic heterocycles. The van der Waals surface area contributed by atoms with Crippen LogP contribution in [0.1, 0.15) is 18.5 Å². The molecule has 0 aliphatic carbocycles. The van der Waals surface area contributed by atoms with E-state index in [1.165, 1.54) is 11.1 Å². The smallest absolute Gasteiger partial charge is 0.0845 e. The van der Waals surface area contributed by atoms with Crippen LogP contribution in [-0.4, -0.2) is 11.5 Å². The van der Waals surface area contributed by atoms with Crippen LogP contribution < -0.4 is 5.32 Å². The van der Waals surface area contributed by atoms with Gasteiger partial charge in [0.05, 0.1) is 12.6 Å². The van der Waals surface area contributed by atoms with Crippen molar-refractivity contribution in [1.29, 1.82) is 5.26 Å². The van der Waals surface area contributed by atoms with Crippen molar-refractivity contribution in [3.8, 4) is 17.2 Å². The van der Waals surface area contributed by atoms with Gasteiger partial charge in [-0.3, -0.25) is 10.3 Å². The fourth-order valence-electron chi connectivity index (χ4n) is 1.83. The van der Waals surface area contributed by atoms with Crippen LogP contribution in [0.3, 0.4) is 0 Å². The minimum atomic E-state index is 0.191. The van der Waals surface area contributed by atoms with E-state index in [1.807, 2.05) is 12.1 Å². The third-order valence-corrected chi connectivity index (χ3v) is 2.91. The lowest BCUT2D eigenvalue weighted by atomic mass is 10.0. The average Bonchev–Trinajstić information content (AvgIpc) is 2.46. The Morgan fingerprint density at radius 3 is 2.33 bits per heavy atom. The Bertz CT molecular complexity index is 526. The van der Waals surface area contributed by atoms with Gasteiger partial charge in [-0.2, -0.15) is 5.26 Å². The molecule has 2 aromatic rings. The number of rotatable bonds is 4. The van der Waals surface area contributed by atoms with Gasteiger partial charge in [-0.1, -0.05) is 24.3 Å². The Hall–Kier alpha value is -2.18. The second kappa shape index (κ2) is 5.95. The van der Waals surface area contributed by atoms with Gasteiger partial charge < -0.3 is 0 Å². The van der Waals surface area contributed by atoms with Gasteiger partial charge in [0, 0.05) is 18.4 Å². The highest BCUT2D eigenvalue weighted by molar-refractivity contribution is 5.62. The third-order valence-electron chi connectivity index (χ3n) is 2.91. The number of hydrogen-bond acceptors (Lipinski definition) is 3. The lowest BCUT2D eigenvalue weighted by Crippen LogP contribution is -2.18. The molecule has 1 aromatic carbocycles. The molecule has 0 radical (unpaired) electrons. The molecule has 1 heterocycles. The van der Waals surface area contributed by atoms with E-state index in [9.17, 15) is 0 Å². The van der Waals surface area contributed by atoms with E-state index in [1.54, 1.807) is 12.4 Å².